The molecule has 0 aliphatic heterocycles. The van der Waals surface area contributed by atoms with Crippen molar-refractivity contribution < 1.29 is 4.79 Å². The number of carbonyl (C=O) groups is 1. The summed E-state index contributed by atoms with van der Waals surface area (Å²) in [5, 5.41) is 2.66. The third kappa shape index (κ3) is 2.48. The van der Waals surface area contributed by atoms with Crippen molar-refractivity contribution >= 4 is 38.7 Å². The molecule has 0 aliphatic carbocycles. The van der Waals surface area contributed by atoms with Crippen LogP contribution in [-0.2, 0) is 6.42 Å². The number of halogens is 1. The maximum atomic E-state index is 12.0. The van der Waals surface area contributed by atoms with Gasteiger partial charge < -0.3 is 5.73 Å². The van der Waals surface area contributed by atoms with Crippen LogP contribution in [0.15, 0.2) is 34.2 Å². The molecule has 1 aromatic carbocycles. The lowest BCUT2D eigenvalue weighted by Gasteiger charge is -2.03. The average molecular weight is 297 g/mol. The Balaban J connectivity index is 2.24. The van der Waals surface area contributed by atoms with Crippen LogP contribution in [0.25, 0.3) is 0 Å². The van der Waals surface area contributed by atoms with Crippen LogP contribution in [0.1, 0.15) is 15.4 Å². The van der Waals surface area contributed by atoms with Gasteiger partial charge in [-0.1, -0.05) is 15.9 Å². The Hall–Kier alpha value is -1.20. The molecule has 0 unspecified atom stereocenters. The van der Waals surface area contributed by atoms with Gasteiger partial charge in [-0.25, -0.2) is 4.98 Å². The van der Waals surface area contributed by atoms with Crippen LogP contribution in [0, 0.1) is 0 Å². The first-order valence-electron chi connectivity index (χ1n) is 4.63. The summed E-state index contributed by atoms with van der Waals surface area (Å²) in [5.41, 5.74) is 6.81. The first-order valence-corrected chi connectivity index (χ1v) is 6.30. The van der Waals surface area contributed by atoms with Gasteiger partial charge in [0.1, 0.15) is 5.01 Å². The molecule has 0 fully saturated rings. The Bertz CT molecular complexity index is 511. The predicted molar refractivity (Wildman–Crippen MR) is 68.7 cm³/mol. The van der Waals surface area contributed by atoms with Crippen LogP contribution < -0.4 is 5.73 Å². The molecule has 2 N–H and O–H groups in total. The lowest BCUT2D eigenvalue weighted by Crippen LogP contribution is -2.06. The van der Waals surface area contributed by atoms with Crippen LogP contribution in [0.4, 0.5) is 5.69 Å². The molecular weight excluding hydrogens is 288 g/mol. The van der Waals surface area contributed by atoms with E-state index in [1.807, 2.05) is 11.4 Å². The number of Topliss-reactive ketones (excluding diaryl/α,β-unsaturated/α-hetero) is 1. The minimum absolute atomic E-state index is 0.00579. The number of nitrogen functional groups attached to an aromatic ring is 1. The van der Waals surface area contributed by atoms with Crippen molar-refractivity contribution in [2.24, 2.45) is 0 Å². The van der Waals surface area contributed by atoms with Gasteiger partial charge in [0.2, 0.25) is 0 Å². The van der Waals surface area contributed by atoms with Gasteiger partial charge >= 0.3 is 0 Å². The minimum Gasteiger partial charge on any atom is -0.398 e. The second-order valence-corrected chi connectivity index (χ2v) is 5.15. The molecular formula is C11H9BrN2OS. The summed E-state index contributed by atoms with van der Waals surface area (Å²) in [6.07, 6.45) is 2.00. The van der Waals surface area contributed by atoms with E-state index in [0.29, 0.717) is 17.7 Å². The molecule has 0 saturated heterocycles. The summed E-state index contributed by atoms with van der Waals surface area (Å²) in [4.78, 5) is 16.0. The number of nitrogens with two attached hydrogens (primary N) is 1. The number of hydrogen-bond donors (Lipinski definition) is 1. The molecule has 0 radical (unpaired) electrons. The number of ketones is 1. The van der Waals surface area contributed by atoms with E-state index in [4.69, 9.17) is 5.73 Å². The smallest absolute Gasteiger partial charge is 0.171 e. The zero-order valence-electron chi connectivity index (χ0n) is 8.31. The number of anilines is 1. The van der Waals surface area contributed by atoms with Crippen molar-refractivity contribution in [3.63, 3.8) is 0 Å². The largest absolute Gasteiger partial charge is 0.398 e. The van der Waals surface area contributed by atoms with Crippen molar-refractivity contribution in [3.8, 4) is 0 Å². The minimum atomic E-state index is -0.00579. The summed E-state index contributed by atoms with van der Waals surface area (Å²) in [5.74, 6) is -0.00579. The molecule has 5 heteroatoms. The first-order chi connectivity index (χ1) is 7.66. The first kappa shape index (κ1) is 11.3. The van der Waals surface area contributed by atoms with Gasteiger partial charge in [-0.3, -0.25) is 4.79 Å². The van der Waals surface area contributed by atoms with E-state index < -0.39 is 0 Å². The number of hydrogen-bond acceptors (Lipinski definition) is 4. The van der Waals surface area contributed by atoms with Gasteiger partial charge in [0.25, 0.3) is 0 Å². The maximum Gasteiger partial charge on any atom is 0.171 e. The Kier molecular flexibility index (Phi) is 3.36. The van der Waals surface area contributed by atoms with Crippen molar-refractivity contribution in [3.05, 3.63) is 44.8 Å². The fourth-order valence-corrected chi connectivity index (χ4v) is 2.32. The van der Waals surface area contributed by atoms with E-state index in [0.717, 1.165) is 9.48 Å². The number of carbonyl (C=O) groups excluding carboxylic acids is 1. The van der Waals surface area contributed by atoms with Crippen LogP contribution in [0.2, 0.25) is 0 Å². The Morgan fingerprint density at radius 1 is 1.50 bits per heavy atom. The summed E-state index contributed by atoms with van der Waals surface area (Å²) < 4.78 is 0.851. The quantitative estimate of drug-likeness (QED) is 0.700. The standard InChI is InChI=1S/C11H9BrN2OS/c12-7-1-2-9(13)8(5-7)10(15)6-11-14-3-4-16-11/h1-5H,6,13H2. The molecule has 1 heterocycles. The highest BCUT2D eigenvalue weighted by atomic mass is 79.9. The highest BCUT2D eigenvalue weighted by molar-refractivity contribution is 9.10. The van der Waals surface area contributed by atoms with Crippen LogP contribution in [-0.4, -0.2) is 10.8 Å². The molecule has 0 saturated carbocycles. The Labute approximate surface area is 105 Å². The third-order valence-electron chi connectivity index (χ3n) is 2.11. The van der Waals surface area contributed by atoms with Crippen molar-refractivity contribution in [1.82, 2.24) is 4.98 Å². The number of nitrogens with zero attached hydrogens (tertiary/aromatic N) is 1. The number of thiazole rings is 1. The molecule has 0 spiro atoms. The zero-order chi connectivity index (χ0) is 11.5. The van der Waals surface area contributed by atoms with Crippen LogP contribution in [0.3, 0.4) is 0 Å². The summed E-state index contributed by atoms with van der Waals surface area (Å²) >= 11 is 4.79. The fraction of sp³-hybridized carbons (Fsp3) is 0.0909. The van der Waals surface area contributed by atoms with E-state index in [9.17, 15) is 4.79 Å². The molecule has 0 amide bonds. The van der Waals surface area contributed by atoms with Gasteiger partial charge in [-0.05, 0) is 18.2 Å². The third-order valence-corrected chi connectivity index (χ3v) is 3.38. The molecule has 16 heavy (non-hydrogen) atoms. The van der Waals surface area contributed by atoms with Gasteiger partial charge in [0, 0.05) is 27.3 Å². The highest BCUT2D eigenvalue weighted by Gasteiger charge is 2.12. The fourth-order valence-electron chi connectivity index (χ4n) is 1.34. The summed E-state index contributed by atoms with van der Waals surface area (Å²) in [6, 6.07) is 5.28. The van der Waals surface area contributed by atoms with Gasteiger partial charge in [0.05, 0.1) is 6.42 Å². The van der Waals surface area contributed by atoms with E-state index in [1.54, 1.807) is 18.3 Å². The second-order valence-electron chi connectivity index (χ2n) is 3.26. The zero-order valence-corrected chi connectivity index (χ0v) is 10.7. The van der Waals surface area contributed by atoms with Crippen molar-refractivity contribution in [1.29, 1.82) is 0 Å². The molecule has 2 aromatic rings. The second kappa shape index (κ2) is 4.76. The SMILES string of the molecule is Nc1ccc(Br)cc1C(=O)Cc1nccs1. The van der Waals surface area contributed by atoms with Crippen molar-refractivity contribution in [2.75, 3.05) is 5.73 Å². The molecule has 0 aliphatic rings. The van der Waals surface area contributed by atoms with Gasteiger partial charge in [-0.2, -0.15) is 0 Å². The van der Waals surface area contributed by atoms with Gasteiger partial charge in [-0.15, -0.1) is 11.3 Å². The lowest BCUT2D eigenvalue weighted by atomic mass is 10.1. The summed E-state index contributed by atoms with van der Waals surface area (Å²) in [6.45, 7) is 0. The highest BCUT2D eigenvalue weighted by Crippen LogP contribution is 2.20. The molecule has 82 valence electrons. The Morgan fingerprint density at radius 3 is 3.00 bits per heavy atom. The van der Waals surface area contributed by atoms with E-state index in [-0.39, 0.29) is 5.78 Å². The predicted octanol–water partition coefficient (Wildman–Crippen LogP) is 2.91. The number of rotatable bonds is 3. The Morgan fingerprint density at radius 2 is 2.31 bits per heavy atom. The number of aromatic nitrogens is 1. The maximum absolute atomic E-state index is 12.0. The summed E-state index contributed by atoms with van der Waals surface area (Å²) in [7, 11) is 0. The van der Waals surface area contributed by atoms with Gasteiger partial charge in [0.15, 0.2) is 5.78 Å². The van der Waals surface area contributed by atoms with Crippen LogP contribution >= 0.6 is 27.3 Å². The molecule has 3 nitrogen and oxygen atoms in total. The average Bonchev–Trinajstić information content (AvgIpc) is 2.74. The van der Waals surface area contributed by atoms with E-state index >= 15 is 0 Å². The van der Waals surface area contributed by atoms with E-state index in [2.05, 4.69) is 20.9 Å². The topological polar surface area (TPSA) is 56.0 Å². The van der Waals surface area contributed by atoms with E-state index in [1.165, 1.54) is 11.3 Å². The molecule has 0 bridgehead atoms. The normalized spacial score (nSPS) is 10.3. The molecule has 2 rings (SSSR count). The van der Waals surface area contributed by atoms with Crippen LogP contribution in [0.5, 0.6) is 0 Å². The monoisotopic (exact) mass is 296 g/mol. The number of benzene rings is 1. The lowest BCUT2D eigenvalue weighted by molar-refractivity contribution is 0.0993. The molecule has 0 atom stereocenters. The molecule has 1 aromatic heterocycles. The van der Waals surface area contributed by atoms with Crippen molar-refractivity contribution in [2.45, 2.75) is 6.42 Å².